The van der Waals surface area contributed by atoms with Crippen LogP contribution in [0.15, 0.2) is 36.4 Å². The molecule has 0 bridgehead atoms. The Hall–Kier alpha value is -0.650. The third kappa shape index (κ3) is 7.67. The summed E-state index contributed by atoms with van der Waals surface area (Å²) in [6.07, 6.45) is -2.52. The van der Waals surface area contributed by atoms with Crippen molar-refractivity contribution in [2.75, 3.05) is 6.66 Å². The standard InChI is InChI=1S/C34H65N6P2S/c1-24(2)36(25(3)4)41(17,37(26(5)6)27(7)8)40-33(32-21-19-18-20-22-32)23-34(35-40)42(43,38(28(9)10)29(11)12)39(30(13)14)31(15)16/h18-31H,1-17H3/q+1. The van der Waals surface area contributed by atoms with Crippen LogP contribution in [-0.2, 0) is 11.8 Å². The highest BCUT2D eigenvalue weighted by Crippen LogP contribution is 2.67. The summed E-state index contributed by atoms with van der Waals surface area (Å²) < 4.78 is 13.1. The van der Waals surface area contributed by atoms with Crippen molar-refractivity contribution in [2.24, 2.45) is 0 Å². The Morgan fingerprint density at radius 2 is 0.953 bits per heavy atom. The maximum absolute atomic E-state index is 7.07. The molecule has 1 aromatic carbocycles. The number of rotatable bonds is 15. The zero-order valence-corrected chi connectivity index (χ0v) is 33.2. The lowest BCUT2D eigenvalue weighted by molar-refractivity contribution is 0.239. The van der Waals surface area contributed by atoms with Gasteiger partial charge >= 0.3 is 0 Å². The summed E-state index contributed by atoms with van der Waals surface area (Å²) in [5.74, 6) is 0. The molecule has 1 aromatic heterocycles. The van der Waals surface area contributed by atoms with Crippen LogP contribution in [0.4, 0.5) is 0 Å². The zero-order chi connectivity index (χ0) is 33.2. The summed E-state index contributed by atoms with van der Waals surface area (Å²) in [6, 6.07) is 15.7. The normalized spacial score (nSPS) is 14.0. The average molecular weight is 652 g/mol. The van der Waals surface area contributed by atoms with Gasteiger partial charge in [-0.1, -0.05) is 42.1 Å². The van der Waals surface area contributed by atoms with Gasteiger partial charge in [-0.15, -0.1) is 18.9 Å². The molecule has 0 spiro atoms. The molecule has 0 aliphatic rings. The number of aromatic nitrogens is 2. The molecule has 0 atom stereocenters. The van der Waals surface area contributed by atoms with Crippen LogP contribution >= 0.6 is 14.1 Å². The Balaban J connectivity index is 3.26. The summed E-state index contributed by atoms with van der Waals surface area (Å²) in [6.45, 7) is 39.6. The molecule has 0 amide bonds. The van der Waals surface area contributed by atoms with Gasteiger partial charge in [0.05, 0.1) is 0 Å². The molecule has 0 aliphatic heterocycles. The minimum Gasteiger partial charge on any atom is -0.254 e. The summed E-state index contributed by atoms with van der Waals surface area (Å²) in [5, 5.41) is 5.82. The van der Waals surface area contributed by atoms with Gasteiger partial charge in [-0.3, -0.25) is 9.34 Å². The van der Waals surface area contributed by atoms with E-state index in [0.29, 0.717) is 24.2 Å². The van der Waals surface area contributed by atoms with Crippen LogP contribution in [0, 0.1) is 0 Å². The first-order chi connectivity index (χ1) is 19.8. The second kappa shape index (κ2) is 15.3. The summed E-state index contributed by atoms with van der Waals surface area (Å²) in [5.41, 5.74) is 3.41. The highest BCUT2D eigenvalue weighted by atomic mass is 32.4. The molecule has 6 nitrogen and oxygen atoms in total. The molecular formula is C34H65N6P2S+. The van der Waals surface area contributed by atoms with Crippen molar-refractivity contribution >= 4 is 31.3 Å². The Morgan fingerprint density at radius 3 is 1.26 bits per heavy atom. The van der Waals surface area contributed by atoms with Gasteiger partial charge in [-0.25, -0.2) is 0 Å². The Morgan fingerprint density at radius 1 is 0.605 bits per heavy atom. The van der Waals surface area contributed by atoms with E-state index in [2.05, 4.69) is 177 Å². The van der Waals surface area contributed by atoms with Gasteiger partial charge in [0.15, 0.2) is 0 Å². The fourth-order valence-electron chi connectivity index (χ4n) is 7.66. The molecule has 0 radical (unpaired) electrons. The van der Waals surface area contributed by atoms with Crippen molar-refractivity contribution in [3.63, 3.8) is 0 Å². The van der Waals surface area contributed by atoms with Crippen molar-refractivity contribution in [2.45, 2.75) is 159 Å². The second-order valence-corrected chi connectivity index (χ2v) is 21.4. The van der Waals surface area contributed by atoms with E-state index in [0.717, 1.165) is 11.1 Å². The van der Waals surface area contributed by atoms with Gasteiger partial charge < -0.3 is 0 Å². The highest BCUT2D eigenvalue weighted by Gasteiger charge is 2.56. The largest absolute Gasteiger partial charge is 0.272 e. The van der Waals surface area contributed by atoms with Crippen LogP contribution in [0.25, 0.3) is 11.3 Å². The van der Waals surface area contributed by atoms with E-state index in [1.54, 1.807) is 0 Å². The average Bonchev–Trinajstić information content (AvgIpc) is 3.29. The van der Waals surface area contributed by atoms with Crippen LogP contribution in [0.2, 0.25) is 0 Å². The van der Waals surface area contributed by atoms with E-state index in [1.165, 1.54) is 5.56 Å². The minimum atomic E-state index is -2.52. The Bertz CT molecular complexity index is 1110. The van der Waals surface area contributed by atoms with Crippen molar-refractivity contribution < 1.29 is 0 Å². The van der Waals surface area contributed by atoms with Gasteiger partial charge in [-0.2, -0.15) is 0 Å². The zero-order valence-electron chi connectivity index (χ0n) is 30.6. The van der Waals surface area contributed by atoms with Crippen LogP contribution in [0.1, 0.15) is 111 Å². The smallest absolute Gasteiger partial charge is 0.254 e. The van der Waals surface area contributed by atoms with Gasteiger partial charge in [0.25, 0.3) is 7.71 Å². The first-order valence-electron chi connectivity index (χ1n) is 16.5. The fraction of sp³-hybridized carbons (Fsp3) is 0.735. The first kappa shape index (κ1) is 38.5. The van der Waals surface area contributed by atoms with E-state index < -0.39 is 14.1 Å². The number of hydrogen-bond donors (Lipinski definition) is 0. The lowest BCUT2D eigenvalue weighted by Gasteiger charge is -2.49. The topological polar surface area (TPSA) is 30.8 Å². The predicted molar refractivity (Wildman–Crippen MR) is 198 cm³/mol. The van der Waals surface area contributed by atoms with Crippen molar-refractivity contribution in [3.8, 4) is 11.3 Å². The third-order valence-corrected chi connectivity index (χ3v) is 18.4. The van der Waals surface area contributed by atoms with E-state index >= 15 is 0 Å². The number of nitrogens with zero attached hydrogens (tertiary/aromatic N) is 6. The Kier molecular flexibility index (Phi) is 13.7. The van der Waals surface area contributed by atoms with E-state index in [9.17, 15) is 0 Å². The van der Waals surface area contributed by atoms with Crippen LogP contribution in [0.5, 0.6) is 0 Å². The summed E-state index contributed by atoms with van der Waals surface area (Å²) in [7, 11) is -2.27. The molecule has 0 unspecified atom stereocenters. The highest BCUT2D eigenvalue weighted by molar-refractivity contribution is 8.15. The van der Waals surface area contributed by atoms with Gasteiger partial charge in [0, 0.05) is 53.9 Å². The lowest BCUT2D eigenvalue weighted by atomic mass is 10.2. The molecule has 0 N–H and O–H groups in total. The minimum absolute atomic E-state index is 0.281. The molecule has 2 rings (SSSR count). The molecule has 246 valence electrons. The number of hydrogen-bond acceptors (Lipinski definition) is 4. The molecule has 43 heavy (non-hydrogen) atoms. The predicted octanol–water partition coefficient (Wildman–Crippen LogP) is 9.20. The van der Waals surface area contributed by atoms with Crippen molar-refractivity contribution in [3.05, 3.63) is 36.4 Å². The summed E-state index contributed by atoms with van der Waals surface area (Å²) in [4.78, 5) is 0. The van der Waals surface area contributed by atoms with E-state index in [4.69, 9.17) is 16.9 Å². The number of benzene rings is 1. The van der Waals surface area contributed by atoms with E-state index in [1.807, 2.05) is 0 Å². The SMILES string of the molecule is CC(C)N(C(C)C)P(=S)(c1cc(-c2ccccc2)n([P+](C)(N(C(C)C)C(C)C)N(C(C)C)C(C)C)n1)N(C(C)C)C(C)C. The summed E-state index contributed by atoms with van der Waals surface area (Å²) >= 11 is 7.07. The molecule has 0 saturated heterocycles. The molecule has 2 aromatic rings. The molecule has 0 fully saturated rings. The van der Waals surface area contributed by atoms with Crippen molar-refractivity contribution in [1.29, 1.82) is 0 Å². The van der Waals surface area contributed by atoms with Gasteiger partial charge in [-0.05, 0) is 117 Å². The van der Waals surface area contributed by atoms with Crippen molar-refractivity contribution in [1.82, 2.24) is 28.2 Å². The maximum atomic E-state index is 7.07. The van der Waals surface area contributed by atoms with Crippen LogP contribution in [0.3, 0.4) is 0 Å². The first-order valence-corrected chi connectivity index (χ1v) is 21.3. The van der Waals surface area contributed by atoms with E-state index in [-0.39, 0.29) is 24.2 Å². The maximum Gasteiger partial charge on any atom is 0.272 e. The molecule has 0 aliphatic carbocycles. The molecule has 0 saturated carbocycles. The fourth-order valence-corrected chi connectivity index (χ4v) is 18.9. The monoisotopic (exact) mass is 651 g/mol. The van der Waals surface area contributed by atoms with Gasteiger partial charge in [0.1, 0.15) is 24.1 Å². The molecular weight excluding hydrogens is 586 g/mol. The van der Waals surface area contributed by atoms with Crippen LogP contribution < -0.4 is 5.44 Å². The lowest BCUT2D eigenvalue weighted by Crippen LogP contribution is -2.51. The quantitative estimate of drug-likeness (QED) is 0.179. The molecule has 9 heteroatoms. The van der Waals surface area contributed by atoms with Gasteiger partial charge in [0.2, 0.25) is 0 Å². The second-order valence-electron chi connectivity index (χ2n) is 14.3. The van der Waals surface area contributed by atoms with Crippen LogP contribution in [-0.4, -0.2) is 83.2 Å². The Labute approximate surface area is 272 Å². The molecule has 1 heterocycles. The third-order valence-electron chi connectivity index (χ3n) is 8.14.